The Morgan fingerprint density at radius 1 is 1.10 bits per heavy atom. The van der Waals surface area contributed by atoms with E-state index in [0.29, 0.717) is 11.3 Å². The van der Waals surface area contributed by atoms with Crippen molar-refractivity contribution >= 4 is 37.6 Å². The maximum Gasteiger partial charge on any atom is 0.200 e. The van der Waals surface area contributed by atoms with Crippen LogP contribution in [0.3, 0.4) is 0 Å². The largest absolute Gasteiger partial charge is 0.484 e. The van der Waals surface area contributed by atoms with E-state index in [4.69, 9.17) is 4.74 Å². The van der Waals surface area contributed by atoms with Crippen LogP contribution in [0.15, 0.2) is 51.4 Å². The van der Waals surface area contributed by atoms with Crippen LogP contribution in [-0.4, -0.2) is 12.4 Å². The number of benzene rings is 2. The van der Waals surface area contributed by atoms with Gasteiger partial charge in [0.2, 0.25) is 0 Å². The molecular weight excluding hydrogens is 396 g/mol. The molecule has 0 N–H and O–H groups in total. The van der Waals surface area contributed by atoms with Crippen molar-refractivity contribution in [2.75, 3.05) is 6.61 Å². The minimum atomic E-state index is -0.0205. The van der Waals surface area contributed by atoms with Crippen LogP contribution in [0.25, 0.3) is 0 Å². The fraction of sp³-hybridized carbons (Fsp3) is 0.235. The number of aryl methyl sites for hydroxylation is 1. The van der Waals surface area contributed by atoms with Gasteiger partial charge in [-0.25, -0.2) is 0 Å². The molecule has 2 rings (SSSR count). The van der Waals surface area contributed by atoms with Crippen molar-refractivity contribution in [2.45, 2.75) is 19.8 Å². The highest BCUT2D eigenvalue weighted by Crippen LogP contribution is 2.28. The summed E-state index contributed by atoms with van der Waals surface area (Å²) in [6, 6.07) is 13.3. The third-order valence-electron chi connectivity index (χ3n) is 3.07. The Balaban J connectivity index is 1.98. The van der Waals surface area contributed by atoms with Gasteiger partial charge in [0.25, 0.3) is 0 Å². The van der Waals surface area contributed by atoms with Gasteiger partial charge in [-0.2, -0.15) is 0 Å². The summed E-state index contributed by atoms with van der Waals surface area (Å²) < 4.78 is 7.35. The van der Waals surface area contributed by atoms with Crippen LogP contribution < -0.4 is 4.74 Å². The van der Waals surface area contributed by atoms with Gasteiger partial charge in [0.15, 0.2) is 12.4 Å². The van der Waals surface area contributed by atoms with Gasteiger partial charge >= 0.3 is 0 Å². The molecule has 0 atom stereocenters. The highest BCUT2D eigenvalue weighted by Gasteiger charge is 2.08. The van der Waals surface area contributed by atoms with E-state index in [2.05, 4.69) is 38.8 Å². The summed E-state index contributed by atoms with van der Waals surface area (Å²) in [5.41, 5.74) is 1.94. The highest BCUT2D eigenvalue weighted by atomic mass is 79.9. The molecule has 21 heavy (non-hydrogen) atoms. The molecule has 2 aromatic carbocycles. The summed E-state index contributed by atoms with van der Waals surface area (Å²) in [6.45, 7) is 2.18. The lowest BCUT2D eigenvalue weighted by Gasteiger charge is -2.08. The second-order valence-corrected chi connectivity index (χ2v) is 6.50. The molecule has 2 nitrogen and oxygen atoms in total. The Morgan fingerprint density at radius 3 is 2.43 bits per heavy atom. The number of hydrogen-bond donors (Lipinski definition) is 0. The van der Waals surface area contributed by atoms with Gasteiger partial charge in [-0.3, -0.25) is 4.79 Å². The Hall–Kier alpha value is -1.13. The van der Waals surface area contributed by atoms with Gasteiger partial charge in [0.05, 0.1) is 4.47 Å². The van der Waals surface area contributed by atoms with E-state index in [0.717, 1.165) is 21.8 Å². The molecule has 0 spiro atoms. The van der Waals surface area contributed by atoms with E-state index in [9.17, 15) is 4.79 Å². The van der Waals surface area contributed by atoms with Crippen LogP contribution in [0.4, 0.5) is 0 Å². The fourth-order valence-electron chi connectivity index (χ4n) is 1.96. The first-order valence-corrected chi connectivity index (χ1v) is 8.38. The lowest BCUT2D eigenvalue weighted by Crippen LogP contribution is -2.11. The summed E-state index contributed by atoms with van der Waals surface area (Å²) in [7, 11) is 0. The molecule has 0 bridgehead atoms. The number of ether oxygens (including phenoxy) is 1. The molecule has 2 aromatic rings. The zero-order valence-electron chi connectivity index (χ0n) is 11.7. The number of Topliss-reactive ketones (excluding diaryl/α,β-unsaturated/α-hetero) is 1. The Kier molecular flexibility index (Phi) is 6.00. The maximum atomic E-state index is 12.1. The number of carbonyl (C=O) groups is 1. The lowest BCUT2D eigenvalue weighted by molar-refractivity contribution is 0.0921. The molecule has 0 aromatic heterocycles. The van der Waals surface area contributed by atoms with Crippen molar-refractivity contribution in [1.82, 2.24) is 0 Å². The summed E-state index contributed by atoms with van der Waals surface area (Å²) in [5, 5.41) is 0. The predicted molar refractivity (Wildman–Crippen MR) is 92.1 cm³/mol. The van der Waals surface area contributed by atoms with E-state index in [1.54, 1.807) is 0 Å². The Bertz CT molecular complexity index is 621. The molecule has 4 heteroatoms. The number of hydrogen-bond acceptors (Lipinski definition) is 2. The normalized spacial score (nSPS) is 10.4. The van der Waals surface area contributed by atoms with E-state index >= 15 is 0 Å². The molecule has 0 amide bonds. The number of carbonyl (C=O) groups excluding carboxylic acids is 1. The van der Waals surface area contributed by atoms with Crippen LogP contribution in [0.5, 0.6) is 5.75 Å². The van der Waals surface area contributed by atoms with Crippen molar-refractivity contribution < 1.29 is 9.53 Å². The molecule has 110 valence electrons. The highest BCUT2D eigenvalue weighted by molar-refractivity contribution is 9.11. The van der Waals surface area contributed by atoms with E-state index in [1.165, 1.54) is 5.56 Å². The monoisotopic (exact) mass is 410 g/mol. The third kappa shape index (κ3) is 4.68. The van der Waals surface area contributed by atoms with Gasteiger partial charge < -0.3 is 4.74 Å². The Labute approximate surface area is 141 Å². The topological polar surface area (TPSA) is 26.3 Å². The molecule has 0 radical (unpaired) electrons. The maximum absolute atomic E-state index is 12.1. The second-order valence-electron chi connectivity index (χ2n) is 4.73. The summed E-state index contributed by atoms with van der Waals surface area (Å²) >= 11 is 6.79. The number of rotatable bonds is 6. The predicted octanol–water partition coefficient (Wildman–Crippen LogP) is 5.43. The quantitative estimate of drug-likeness (QED) is 0.592. The summed E-state index contributed by atoms with van der Waals surface area (Å²) in [4.78, 5) is 12.1. The van der Waals surface area contributed by atoms with Crippen molar-refractivity contribution in [1.29, 1.82) is 0 Å². The van der Waals surface area contributed by atoms with Crippen molar-refractivity contribution in [3.8, 4) is 5.75 Å². The van der Waals surface area contributed by atoms with Gasteiger partial charge in [-0.15, -0.1) is 0 Å². The molecule has 0 heterocycles. The number of ketones is 1. The van der Waals surface area contributed by atoms with E-state index < -0.39 is 0 Å². The van der Waals surface area contributed by atoms with Crippen LogP contribution in [0.2, 0.25) is 0 Å². The SMILES string of the molecule is CCCc1ccc(C(=O)COc2ccc(Br)cc2Br)cc1. The summed E-state index contributed by atoms with van der Waals surface area (Å²) in [5.74, 6) is 0.641. The zero-order valence-corrected chi connectivity index (χ0v) is 14.9. The van der Waals surface area contributed by atoms with Gasteiger partial charge in [0.1, 0.15) is 5.75 Å². The van der Waals surface area contributed by atoms with Gasteiger partial charge in [0, 0.05) is 10.0 Å². The standard InChI is InChI=1S/C17H16Br2O2/c1-2-3-12-4-6-13(7-5-12)16(20)11-21-17-9-8-14(18)10-15(17)19/h4-10H,2-3,11H2,1H3. The molecule has 0 aliphatic rings. The first-order chi connectivity index (χ1) is 10.1. The third-order valence-corrected chi connectivity index (χ3v) is 4.18. The molecule has 0 unspecified atom stereocenters. The van der Waals surface area contributed by atoms with Crippen LogP contribution >= 0.6 is 31.9 Å². The van der Waals surface area contributed by atoms with Crippen LogP contribution in [-0.2, 0) is 6.42 Å². The average Bonchev–Trinajstić information content (AvgIpc) is 2.47. The van der Waals surface area contributed by atoms with Gasteiger partial charge in [-0.05, 0) is 46.1 Å². The molecule has 0 saturated carbocycles. The van der Waals surface area contributed by atoms with Crippen molar-refractivity contribution in [3.63, 3.8) is 0 Å². The molecule has 0 saturated heterocycles. The van der Waals surface area contributed by atoms with Crippen LogP contribution in [0.1, 0.15) is 29.3 Å². The number of halogens is 2. The summed E-state index contributed by atoms with van der Waals surface area (Å²) in [6.07, 6.45) is 2.14. The first-order valence-electron chi connectivity index (χ1n) is 6.80. The molecule has 0 fully saturated rings. The Morgan fingerprint density at radius 2 is 1.81 bits per heavy atom. The first kappa shape index (κ1) is 16.2. The minimum Gasteiger partial charge on any atom is -0.484 e. The van der Waals surface area contributed by atoms with Gasteiger partial charge in [-0.1, -0.05) is 53.5 Å². The van der Waals surface area contributed by atoms with E-state index in [1.807, 2.05) is 42.5 Å². The molecule has 0 aliphatic heterocycles. The average molecular weight is 412 g/mol. The second kappa shape index (κ2) is 7.76. The van der Waals surface area contributed by atoms with Crippen LogP contribution in [0, 0.1) is 0 Å². The zero-order chi connectivity index (χ0) is 15.2. The van der Waals surface area contributed by atoms with Crippen molar-refractivity contribution in [3.05, 3.63) is 62.5 Å². The van der Waals surface area contributed by atoms with Crippen molar-refractivity contribution in [2.24, 2.45) is 0 Å². The molecule has 0 aliphatic carbocycles. The minimum absolute atomic E-state index is 0.0205. The van der Waals surface area contributed by atoms with E-state index in [-0.39, 0.29) is 12.4 Å². The smallest absolute Gasteiger partial charge is 0.200 e. The fourth-order valence-corrected chi connectivity index (χ4v) is 3.13. The lowest BCUT2D eigenvalue weighted by atomic mass is 10.1. The molecular formula is C17H16Br2O2.